The van der Waals surface area contributed by atoms with Gasteiger partial charge in [0, 0.05) is 24.2 Å². The average molecular weight is 389 g/mol. The monoisotopic (exact) mass is 389 g/mol. The molecule has 1 unspecified atom stereocenters. The van der Waals surface area contributed by atoms with E-state index in [0.29, 0.717) is 11.6 Å². The number of hydrogen-bond acceptors (Lipinski definition) is 4. The first-order valence-corrected chi connectivity index (χ1v) is 10.2. The number of carbonyl (C=O) groups is 2. The van der Waals surface area contributed by atoms with Crippen LogP contribution in [0.25, 0.3) is 5.65 Å². The standard InChI is InChI=1S/C22H23N5O2/c1-2-13-6-8-18-16(10-13)17(22(29)24-18)11-20(28)23-15-7-9-19-25-26-21(27(19)12-15)14-4-3-5-14/h6-10,12,14,17H,2-5,11H2,1H3,(H,23,28)(H,24,29). The largest absolute Gasteiger partial charge is 0.325 e. The first-order chi connectivity index (χ1) is 14.1. The number of aromatic nitrogens is 3. The number of benzene rings is 1. The maximum Gasteiger partial charge on any atom is 0.232 e. The van der Waals surface area contributed by atoms with E-state index < -0.39 is 5.92 Å². The van der Waals surface area contributed by atoms with Crippen molar-refractivity contribution in [3.8, 4) is 0 Å². The van der Waals surface area contributed by atoms with Crippen LogP contribution >= 0.6 is 0 Å². The molecule has 0 radical (unpaired) electrons. The van der Waals surface area contributed by atoms with Gasteiger partial charge in [-0.05, 0) is 48.6 Å². The van der Waals surface area contributed by atoms with Crippen LogP contribution < -0.4 is 10.6 Å². The molecule has 148 valence electrons. The summed E-state index contributed by atoms with van der Waals surface area (Å²) < 4.78 is 1.96. The molecule has 1 fully saturated rings. The Bertz CT molecular complexity index is 1120. The summed E-state index contributed by atoms with van der Waals surface area (Å²) in [4.78, 5) is 25.1. The van der Waals surface area contributed by atoms with Crippen LogP contribution in [0.3, 0.4) is 0 Å². The number of pyridine rings is 1. The Balaban J connectivity index is 1.34. The zero-order valence-electron chi connectivity index (χ0n) is 16.3. The van der Waals surface area contributed by atoms with Crippen molar-refractivity contribution in [3.63, 3.8) is 0 Å². The number of carbonyl (C=O) groups excluding carboxylic acids is 2. The van der Waals surface area contributed by atoms with Gasteiger partial charge in [0.1, 0.15) is 5.82 Å². The number of hydrogen-bond donors (Lipinski definition) is 2. The van der Waals surface area contributed by atoms with E-state index in [9.17, 15) is 9.59 Å². The minimum absolute atomic E-state index is 0.113. The number of rotatable bonds is 5. The van der Waals surface area contributed by atoms with Crippen LogP contribution in [0.4, 0.5) is 11.4 Å². The average Bonchev–Trinajstić information content (AvgIpc) is 3.21. The molecule has 1 saturated carbocycles. The highest BCUT2D eigenvalue weighted by Gasteiger charge is 2.32. The van der Waals surface area contributed by atoms with Gasteiger partial charge in [0.2, 0.25) is 11.8 Å². The van der Waals surface area contributed by atoms with Gasteiger partial charge < -0.3 is 10.6 Å². The molecule has 1 aromatic carbocycles. The molecule has 2 aliphatic rings. The van der Waals surface area contributed by atoms with E-state index >= 15 is 0 Å². The quantitative estimate of drug-likeness (QED) is 0.697. The first-order valence-electron chi connectivity index (χ1n) is 10.2. The summed E-state index contributed by atoms with van der Waals surface area (Å²) in [5.41, 5.74) is 4.34. The lowest BCUT2D eigenvalue weighted by molar-refractivity contribution is -0.122. The molecule has 7 heteroatoms. The number of amides is 2. The molecule has 2 amide bonds. The van der Waals surface area contributed by atoms with Crippen LogP contribution in [-0.4, -0.2) is 26.4 Å². The molecule has 1 aliphatic carbocycles. The lowest BCUT2D eigenvalue weighted by Crippen LogP contribution is -2.20. The van der Waals surface area contributed by atoms with Gasteiger partial charge in [0.15, 0.2) is 5.65 Å². The zero-order chi connectivity index (χ0) is 20.0. The minimum Gasteiger partial charge on any atom is -0.325 e. The van der Waals surface area contributed by atoms with E-state index in [1.54, 1.807) is 0 Å². The maximum atomic E-state index is 12.7. The zero-order valence-corrected chi connectivity index (χ0v) is 16.3. The van der Waals surface area contributed by atoms with Crippen LogP contribution in [0.5, 0.6) is 0 Å². The van der Waals surface area contributed by atoms with Gasteiger partial charge in [-0.3, -0.25) is 14.0 Å². The lowest BCUT2D eigenvalue weighted by atomic mass is 9.85. The summed E-state index contributed by atoms with van der Waals surface area (Å²) in [6, 6.07) is 9.64. The van der Waals surface area contributed by atoms with Gasteiger partial charge in [0.25, 0.3) is 0 Å². The molecule has 1 atom stereocenters. The van der Waals surface area contributed by atoms with Crippen LogP contribution in [0, 0.1) is 0 Å². The molecule has 0 bridgehead atoms. The first kappa shape index (κ1) is 17.8. The van der Waals surface area contributed by atoms with Gasteiger partial charge in [-0.25, -0.2) is 0 Å². The second-order valence-corrected chi connectivity index (χ2v) is 7.90. The fourth-order valence-electron chi connectivity index (χ4n) is 4.12. The summed E-state index contributed by atoms with van der Waals surface area (Å²) in [7, 11) is 0. The fraction of sp³-hybridized carbons (Fsp3) is 0.364. The lowest BCUT2D eigenvalue weighted by Gasteiger charge is -2.23. The Hall–Kier alpha value is -3.22. The van der Waals surface area contributed by atoms with E-state index in [0.717, 1.165) is 47.5 Å². The van der Waals surface area contributed by atoms with Crippen molar-refractivity contribution in [1.29, 1.82) is 0 Å². The molecule has 7 nitrogen and oxygen atoms in total. The smallest absolute Gasteiger partial charge is 0.232 e. The van der Waals surface area contributed by atoms with Crippen LogP contribution in [-0.2, 0) is 16.0 Å². The molecule has 3 heterocycles. The van der Waals surface area contributed by atoms with Crippen molar-refractivity contribution in [3.05, 3.63) is 53.5 Å². The summed E-state index contributed by atoms with van der Waals surface area (Å²) in [5, 5.41) is 14.4. The third-order valence-electron chi connectivity index (χ3n) is 6.05. The van der Waals surface area contributed by atoms with Gasteiger partial charge >= 0.3 is 0 Å². The van der Waals surface area contributed by atoms with Crippen LogP contribution in [0.2, 0.25) is 0 Å². The Morgan fingerprint density at radius 1 is 1.24 bits per heavy atom. The van der Waals surface area contributed by atoms with E-state index in [1.165, 1.54) is 6.42 Å². The summed E-state index contributed by atoms with van der Waals surface area (Å²) >= 11 is 0. The third-order valence-corrected chi connectivity index (χ3v) is 6.05. The molecular formula is C22H23N5O2. The molecule has 2 aromatic heterocycles. The predicted molar refractivity (Wildman–Crippen MR) is 110 cm³/mol. The molecule has 0 spiro atoms. The molecule has 1 aliphatic heterocycles. The summed E-state index contributed by atoms with van der Waals surface area (Å²) in [5.74, 6) is 0.643. The van der Waals surface area contributed by atoms with Gasteiger partial charge in [-0.1, -0.05) is 25.5 Å². The van der Waals surface area contributed by atoms with E-state index in [4.69, 9.17) is 0 Å². The second kappa shape index (κ2) is 6.99. The van der Waals surface area contributed by atoms with Gasteiger partial charge in [0.05, 0.1) is 11.6 Å². The summed E-state index contributed by atoms with van der Waals surface area (Å²) in [6.45, 7) is 2.08. The molecule has 29 heavy (non-hydrogen) atoms. The number of anilines is 2. The highest BCUT2D eigenvalue weighted by Crippen LogP contribution is 2.36. The van der Waals surface area contributed by atoms with Crippen molar-refractivity contribution in [2.24, 2.45) is 0 Å². The molecule has 2 N–H and O–H groups in total. The van der Waals surface area contributed by atoms with Gasteiger partial charge in [-0.15, -0.1) is 10.2 Å². The van der Waals surface area contributed by atoms with Crippen molar-refractivity contribution in [2.45, 2.75) is 50.9 Å². The topological polar surface area (TPSA) is 88.4 Å². The van der Waals surface area contributed by atoms with Crippen LogP contribution in [0.1, 0.15) is 61.4 Å². The Morgan fingerprint density at radius 3 is 2.86 bits per heavy atom. The second-order valence-electron chi connectivity index (χ2n) is 7.90. The SMILES string of the molecule is CCc1ccc2c(c1)C(CC(=O)Nc1ccc3nnc(C4CCC4)n3c1)C(=O)N2. The predicted octanol–water partition coefficient (Wildman–Crippen LogP) is 3.62. The molecule has 5 rings (SSSR count). The van der Waals surface area contributed by atoms with E-state index in [-0.39, 0.29) is 18.2 Å². The Labute approximate surface area is 168 Å². The fourth-order valence-corrected chi connectivity index (χ4v) is 4.12. The summed E-state index contributed by atoms with van der Waals surface area (Å²) in [6.07, 6.45) is 6.37. The van der Waals surface area contributed by atoms with E-state index in [2.05, 4.69) is 27.8 Å². The van der Waals surface area contributed by atoms with Crippen molar-refractivity contribution in [2.75, 3.05) is 10.6 Å². The third kappa shape index (κ3) is 3.16. The van der Waals surface area contributed by atoms with Crippen LogP contribution in [0.15, 0.2) is 36.5 Å². The Kier molecular flexibility index (Phi) is 4.30. The normalized spacial score (nSPS) is 18.4. The van der Waals surface area contributed by atoms with Crippen molar-refractivity contribution in [1.82, 2.24) is 14.6 Å². The number of nitrogens with one attached hydrogen (secondary N) is 2. The van der Waals surface area contributed by atoms with Crippen molar-refractivity contribution >= 4 is 28.8 Å². The maximum absolute atomic E-state index is 12.7. The number of aryl methyl sites for hydroxylation is 1. The number of fused-ring (bicyclic) bond motifs is 2. The molecule has 0 saturated heterocycles. The molecule has 3 aromatic rings. The minimum atomic E-state index is -0.458. The van der Waals surface area contributed by atoms with Crippen molar-refractivity contribution < 1.29 is 9.59 Å². The van der Waals surface area contributed by atoms with Gasteiger partial charge in [-0.2, -0.15) is 0 Å². The highest BCUT2D eigenvalue weighted by atomic mass is 16.2. The Morgan fingerprint density at radius 2 is 2.10 bits per heavy atom. The van der Waals surface area contributed by atoms with E-state index in [1.807, 2.05) is 40.9 Å². The highest BCUT2D eigenvalue weighted by molar-refractivity contribution is 6.06. The molecular weight excluding hydrogens is 366 g/mol. The number of nitrogens with zero attached hydrogens (tertiary/aromatic N) is 3.